The number of amides is 2. The number of carbonyl (C=O) groups is 2. The molecule has 28 heavy (non-hydrogen) atoms. The number of alkyl carbamates (subject to hydrolysis) is 1. The molecule has 0 unspecified atom stereocenters. The lowest BCUT2D eigenvalue weighted by atomic mass is 10.0. The molecular formula is C20H25ClN4O3. The molecular weight excluding hydrogens is 380 g/mol. The fourth-order valence-electron chi connectivity index (χ4n) is 3.07. The fourth-order valence-corrected chi connectivity index (χ4v) is 3.30. The van der Waals surface area contributed by atoms with Gasteiger partial charge in [0.25, 0.3) is 5.91 Å². The molecule has 1 N–H and O–H groups in total. The first-order valence-corrected chi connectivity index (χ1v) is 9.70. The third-order valence-corrected chi connectivity index (χ3v) is 4.73. The van der Waals surface area contributed by atoms with Crippen molar-refractivity contribution in [2.45, 2.75) is 45.3 Å². The second-order valence-corrected chi connectivity index (χ2v) is 8.22. The normalized spacial score (nSPS) is 15.4. The number of carbonyl (C=O) groups excluding carboxylic acids is 2. The zero-order chi connectivity index (χ0) is 20.3. The molecule has 8 heteroatoms. The van der Waals surface area contributed by atoms with Gasteiger partial charge in [-0.25, -0.2) is 9.48 Å². The second kappa shape index (κ2) is 8.22. The highest BCUT2D eigenvalue weighted by Crippen LogP contribution is 2.20. The lowest BCUT2D eigenvalue weighted by Crippen LogP contribution is -2.47. The Labute approximate surface area is 169 Å². The largest absolute Gasteiger partial charge is 0.444 e. The number of ether oxygens (including phenoxy) is 1. The molecule has 1 fully saturated rings. The molecule has 1 aromatic heterocycles. The number of hydrogen-bond acceptors (Lipinski definition) is 4. The van der Waals surface area contributed by atoms with Crippen molar-refractivity contribution in [3.63, 3.8) is 0 Å². The Morgan fingerprint density at radius 2 is 1.86 bits per heavy atom. The summed E-state index contributed by atoms with van der Waals surface area (Å²) in [4.78, 5) is 26.4. The summed E-state index contributed by atoms with van der Waals surface area (Å²) >= 11 is 6.19. The first kappa shape index (κ1) is 20.2. The average Bonchev–Trinajstić information content (AvgIpc) is 3.10. The Bertz CT molecular complexity index is 851. The van der Waals surface area contributed by atoms with Crippen molar-refractivity contribution in [3.8, 4) is 5.69 Å². The quantitative estimate of drug-likeness (QED) is 0.847. The van der Waals surface area contributed by atoms with Crippen molar-refractivity contribution in [1.82, 2.24) is 20.0 Å². The number of hydrogen-bond donors (Lipinski definition) is 1. The third-order valence-electron chi connectivity index (χ3n) is 4.41. The maximum absolute atomic E-state index is 12.8. The van der Waals surface area contributed by atoms with Crippen LogP contribution in [-0.2, 0) is 4.74 Å². The van der Waals surface area contributed by atoms with Gasteiger partial charge in [0.05, 0.1) is 10.7 Å². The summed E-state index contributed by atoms with van der Waals surface area (Å²) < 4.78 is 6.89. The van der Waals surface area contributed by atoms with Gasteiger partial charge in [0.1, 0.15) is 5.60 Å². The molecule has 2 heterocycles. The van der Waals surface area contributed by atoms with Crippen LogP contribution in [0.5, 0.6) is 0 Å². The van der Waals surface area contributed by atoms with Crippen molar-refractivity contribution >= 4 is 23.6 Å². The number of aromatic nitrogens is 2. The minimum Gasteiger partial charge on any atom is -0.444 e. The van der Waals surface area contributed by atoms with Crippen LogP contribution in [0.3, 0.4) is 0 Å². The topological polar surface area (TPSA) is 76.5 Å². The van der Waals surface area contributed by atoms with Gasteiger partial charge in [-0.3, -0.25) is 4.79 Å². The fraction of sp³-hybridized carbons (Fsp3) is 0.450. The van der Waals surface area contributed by atoms with E-state index in [1.807, 2.05) is 39.0 Å². The Hall–Kier alpha value is -2.54. The number of likely N-dealkylation sites (tertiary alicyclic amines) is 1. The van der Waals surface area contributed by atoms with Crippen LogP contribution in [0, 0.1) is 0 Å². The van der Waals surface area contributed by atoms with E-state index in [1.54, 1.807) is 27.9 Å². The van der Waals surface area contributed by atoms with Gasteiger partial charge in [-0.05, 0) is 51.8 Å². The number of nitrogens with zero attached hydrogens (tertiary/aromatic N) is 3. The van der Waals surface area contributed by atoms with Crippen LogP contribution in [0.15, 0.2) is 36.5 Å². The highest BCUT2D eigenvalue weighted by molar-refractivity contribution is 6.32. The molecule has 150 valence electrons. The summed E-state index contributed by atoms with van der Waals surface area (Å²) in [5.74, 6) is -0.124. The molecule has 0 spiro atoms. The minimum atomic E-state index is -0.527. The summed E-state index contributed by atoms with van der Waals surface area (Å²) in [6.07, 6.45) is 2.66. The Morgan fingerprint density at radius 3 is 2.50 bits per heavy atom. The second-order valence-electron chi connectivity index (χ2n) is 7.81. The predicted molar refractivity (Wildman–Crippen MR) is 107 cm³/mol. The molecule has 2 aromatic rings. The van der Waals surface area contributed by atoms with Crippen LogP contribution in [0.25, 0.3) is 5.69 Å². The van der Waals surface area contributed by atoms with E-state index in [9.17, 15) is 9.59 Å². The van der Waals surface area contributed by atoms with Crippen LogP contribution in [0.2, 0.25) is 5.02 Å². The van der Waals surface area contributed by atoms with Gasteiger partial charge in [0.2, 0.25) is 0 Å². The summed E-state index contributed by atoms with van der Waals surface area (Å²) in [7, 11) is 0. The van der Waals surface area contributed by atoms with Crippen molar-refractivity contribution < 1.29 is 14.3 Å². The summed E-state index contributed by atoms with van der Waals surface area (Å²) in [6.45, 7) is 6.59. The van der Waals surface area contributed by atoms with E-state index in [4.69, 9.17) is 16.3 Å². The molecule has 1 aliphatic heterocycles. The van der Waals surface area contributed by atoms with Crippen molar-refractivity contribution in [1.29, 1.82) is 0 Å². The molecule has 1 saturated heterocycles. The van der Waals surface area contributed by atoms with E-state index in [2.05, 4.69) is 10.4 Å². The lowest BCUT2D eigenvalue weighted by Gasteiger charge is -2.32. The summed E-state index contributed by atoms with van der Waals surface area (Å²) in [5.41, 5.74) is 0.572. The van der Waals surface area contributed by atoms with Gasteiger partial charge in [0, 0.05) is 25.3 Å². The van der Waals surface area contributed by atoms with Gasteiger partial charge in [-0.2, -0.15) is 5.10 Å². The number of benzene rings is 1. The lowest BCUT2D eigenvalue weighted by molar-refractivity contribution is 0.0473. The molecule has 0 radical (unpaired) electrons. The van der Waals surface area contributed by atoms with E-state index >= 15 is 0 Å². The van der Waals surface area contributed by atoms with Gasteiger partial charge in [-0.15, -0.1) is 0 Å². The Morgan fingerprint density at radius 1 is 1.18 bits per heavy atom. The summed E-state index contributed by atoms with van der Waals surface area (Å²) in [6, 6.07) is 9.03. The first-order valence-electron chi connectivity index (χ1n) is 9.32. The molecule has 0 bridgehead atoms. The molecule has 1 aromatic carbocycles. The molecule has 0 atom stereocenters. The first-order chi connectivity index (χ1) is 13.2. The summed E-state index contributed by atoms with van der Waals surface area (Å²) in [5, 5.41) is 7.82. The zero-order valence-electron chi connectivity index (χ0n) is 16.3. The zero-order valence-corrected chi connectivity index (χ0v) is 17.1. The van der Waals surface area contributed by atoms with Crippen LogP contribution >= 0.6 is 11.6 Å². The van der Waals surface area contributed by atoms with Gasteiger partial charge in [0.15, 0.2) is 5.69 Å². The van der Waals surface area contributed by atoms with E-state index < -0.39 is 11.7 Å². The monoisotopic (exact) mass is 404 g/mol. The number of rotatable bonds is 3. The maximum atomic E-state index is 12.8. The van der Waals surface area contributed by atoms with Crippen LogP contribution in [0.4, 0.5) is 4.79 Å². The number of nitrogens with one attached hydrogen (secondary N) is 1. The third kappa shape index (κ3) is 5.04. The van der Waals surface area contributed by atoms with Gasteiger partial charge < -0.3 is 15.0 Å². The molecule has 0 saturated carbocycles. The van der Waals surface area contributed by atoms with Crippen LogP contribution < -0.4 is 5.32 Å². The minimum absolute atomic E-state index is 0.000386. The average molecular weight is 405 g/mol. The number of piperidine rings is 1. The SMILES string of the molecule is CC(C)(C)OC(=O)NC1CCN(C(=O)c2ccn(-c3ccccc3Cl)n2)CC1. The molecule has 1 aliphatic rings. The maximum Gasteiger partial charge on any atom is 0.407 e. The molecule has 0 aliphatic carbocycles. The van der Waals surface area contributed by atoms with E-state index in [1.165, 1.54) is 0 Å². The van der Waals surface area contributed by atoms with Gasteiger partial charge >= 0.3 is 6.09 Å². The van der Waals surface area contributed by atoms with E-state index in [-0.39, 0.29) is 11.9 Å². The highest BCUT2D eigenvalue weighted by atomic mass is 35.5. The number of para-hydroxylation sites is 1. The standard InChI is InChI=1S/C20H25ClN4O3/c1-20(2,3)28-19(27)22-14-8-11-24(12-9-14)18(26)16-10-13-25(23-16)17-7-5-4-6-15(17)21/h4-7,10,13-14H,8-9,11-12H2,1-3H3,(H,22,27). The van der Waals surface area contributed by atoms with Crippen molar-refractivity contribution in [2.75, 3.05) is 13.1 Å². The van der Waals surface area contributed by atoms with Crippen LogP contribution in [-0.4, -0.2) is 51.4 Å². The molecule has 3 rings (SSSR count). The number of halogens is 1. The smallest absolute Gasteiger partial charge is 0.407 e. The Kier molecular flexibility index (Phi) is 5.93. The van der Waals surface area contributed by atoms with Crippen LogP contribution in [0.1, 0.15) is 44.1 Å². The van der Waals surface area contributed by atoms with Crippen molar-refractivity contribution in [2.24, 2.45) is 0 Å². The predicted octanol–water partition coefficient (Wildman–Crippen LogP) is 3.66. The molecule has 2 amide bonds. The van der Waals surface area contributed by atoms with Gasteiger partial charge in [-0.1, -0.05) is 23.7 Å². The molecule has 7 nitrogen and oxygen atoms in total. The van der Waals surface area contributed by atoms with Crippen molar-refractivity contribution in [3.05, 3.63) is 47.2 Å². The van der Waals surface area contributed by atoms with E-state index in [0.29, 0.717) is 36.6 Å². The highest BCUT2D eigenvalue weighted by Gasteiger charge is 2.27. The van der Waals surface area contributed by atoms with E-state index in [0.717, 1.165) is 5.69 Å². The Balaban J connectivity index is 1.56.